The Balaban J connectivity index is 1.72. The van der Waals surface area contributed by atoms with Gasteiger partial charge in [-0.15, -0.1) is 0 Å². The SMILES string of the molecule is Cc1cccc(C(=O)Nc2nc3c(ccc4ccccc43)s2)c1. The van der Waals surface area contributed by atoms with Crippen molar-refractivity contribution in [2.75, 3.05) is 5.32 Å². The van der Waals surface area contributed by atoms with Crippen molar-refractivity contribution in [2.45, 2.75) is 6.92 Å². The largest absolute Gasteiger partial charge is 0.298 e. The number of rotatable bonds is 2. The first-order chi connectivity index (χ1) is 11.2. The van der Waals surface area contributed by atoms with Crippen LogP contribution in [0.15, 0.2) is 60.7 Å². The highest BCUT2D eigenvalue weighted by Crippen LogP contribution is 2.31. The van der Waals surface area contributed by atoms with Crippen molar-refractivity contribution in [3.8, 4) is 0 Å². The maximum Gasteiger partial charge on any atom is 0.257 e. The minimum Gasteiger partial charge on any atom is -0.298 e. The van der Waals surface area contributed by atoms with Crippen LogP contribution in [0.25, 0.3) is 21.0 Å². The molecule has 1 N–H and O–H groups in total. The lowest BCUT2D eigenvalue weighted by Crippen LogP contribution is -2.11. The zero-order chi connectivity index (χ0) is 15.8. The van der Waals surface area contributed by atoms with Crippen LogP contribution in [0.1, 0.15) is 15.9 Å². The van der Waals surface area contributed by atoms with Crippen molar-refractivity contribution in [3.05, 3.63) is 71.8 Å². The second-order valence-corrected chi connectivity index (χ2v) is 6.51. The number of nitrogens with zero attached hydrogens (tertiary/aromatic N) is 1. The number of aromatic nitrogens is 1. The summed E-state index contributed by atoms with van der Waals surface area (Å²) in [6.07, 6.45) is 0. The summed E-state index contributed by atoms with van der Waals surface area (Å²) in [5, 5.41) is 5.80. The van der Waals surface area contributed by atoms with Crippen LogP contribution in [0.4, 0.5) is 5.13 Å². The Morgan fingerprint density at radius 3 is 2.78 bits per heavy atom. The summed E-state index contributed by atoms with van der Waals surface area (Å²) < 4.78 is 1.07. The number of amides is 1. The Morgan fingerprint density at radius 1 is 1.04 bits per heavy atom. The van der Waals surface area contributed by atoms with E-state index in [9.17, 15) is 4.79 Å². The zero-order valence-electron chi connectivity index (χ0n) is 12.5. The summed E-state index contributed by atoms with van der Waals surface area (Å²) in [6.45, 7) is 1.97. The Bertz CT molecular complexity index is 1040. The molecule has 3 aromatic carbocycles. The molecule has 1 aromatic heterocycles. The molecule has 0 fully saturated rings. The fraction of sp³-hybridized carbons (Fsp3) is 0.0526. The molecule has 1 heterocycles. The van der Waals surface area contributed by atoms with Gasteiger partial charge < -0.3 is 0 Å². The smallest absolute Gasteiger partial charge is 0.257 e. The highest BCUT2D eigenvalue weighted by Gasteiger charge is 2.11. The van der Waals surface area contributed by atoms with Gasteiger partial charge in [0.2, 0.25) is 0 Å². The van der Waals surface area contributed by atoms with Crippen molar-refractivity contribution < 1.29 is 4.79 Å². The second kappa shape index (κ2) is 5.48. The van der Waals surface area contributed by atoms with Crippen LogP contribution >= 0.6 is 11.3 Å². The van der Waals surface area contributed by atoms with Crippen molar-refractivity contribution >= 4 is 43.4 Å². The van der Waals surface area contributed by atoms with Crippen molar-refractivity contribution in [1.29, 1.82) is 0 Å². The zero-order valence-corrected chi connectivity index (χ0v) is 13.4. The molecule has 0 aliphatic rings. The van der Waals surface area contributed by atoms with Crippen LogP contribution in [0.5, 0.6) is 0 Å². The molecule has 4 rings (SSSR count). The van der Waals surface area contributed by atoms with E-state index < -0.39 is 0 Å². The third-order valence-electron chi connectivity index (χ3n) is 3.78. The fourth-order valence-corrected chi connectivity index (χ4v) is 3.55. The lowest BCUT2D eigenvalue weighted by Gasteiger charge is -2.02. The molecule has 4 heteroatoms. The number of carbonyl (C=O) groups excluding carboxylic acids is 1. The highest BCUT2D eigenvalue weighted by atomic mass is 32.1. The van der Waals surface area contributed by atoms with Gasteiger partial charge in [0.15, 0.2) is 5.13 Å². The highest BCUT2D eigenvalue weighted by molar-refractivity contribution is 7.22. The van der Waals surface area contributed by atoms with E-state index >= 15 is 0 Å². The number of carbonyl (C=O) groups is 1. The number of benzene rings is 3. The average molecular weight is 318 g/mol. The van der Waals surface area contributed by atoms with E-state index in [-0.39, 0.29) is 5.91 Å². The van der Waals surface area contributed by atoms with Gasteiger partial charge in [0, 0.05) is 10.9 Å². The molecular weight excluding hydrogens is 304 g/mol. The number of nitrogens with one attached hydrogen (secondary N) is 1. The molecule has 0 spiro atoms. The van der Waals surface area contributed by atoms with Gasteiger partial charge in [-0.05, 0) is 30.5 Å². The average Bonchev–Trinajstić information content (AvgIpc) is 2.97. The third kappa shape index (κ3) is 2.58. The van der Waals surface area contributed by atoms with Crippen LogP contribution in [-0.2, 0) is 0 Å². The Kier molecular flexibility index (Phi) is 3.32. The minimum absolute atomic E-state index is 0.128. The predicted molar refractivity (Wildman–Crippen MR) is 96.3 cm³/mol. The Hall–Kier alpha value is -2.72. The molecule has 0 atom stereocenters. The van der Waals surface area contributed by atoms with Crippen LogP contribution in [0.2, 0.25) is 0 Å². The van der Waals surface area contributed by atoms with Gasteiger partial charge >= 0.3 is 0 Å². The summed E-state index contributed by atoms with van der Waals surface area (Å²) >= 11 is 1.50. The molecule has 0 saturated carbocycles. The van der Waals surface area contributed by atoms with E-state index in [2.05, 4.69) is 34.6 Å². The van der Waals surface area contributed by atoms with E-state index in [1.54, 1.807) is 0 Å². The van der Waals surface area contributed by atoms with E-state index in [0.29, 0.717) is 10.7 Å². The topological polar surface area (TPSA) is 42.0 Å². The maximum atomic E-state index is 12.4. The van der Waals surface area contributed by atoms with Crippen LogP contribution in [-0.4, -0.2) is 10.9 Å². The molecule has 0 aliphatic carbocycles. The number of thiazole rings is 1. The molecule has 3 nitrogen and oxygen atoms in total. The summed E-state index contributed by atoms with van der Waals surface area (Å²) in [5.41, 5.74) is 2.65. The molecular formula is C19H14N2OS. The quantitative estimate of drug-likeness (QED) is 0.564. The van der Waals surface area contributed by atoms with Gasteiger partial charge in [-0.2, -0.15) is 0 Å². The van der Waals surface area contributed by atoms with Crippen LogP contribution < -0.4 is 5.32 Å². The second-order valence-electron chi connectivity index (χ2n) is 5.48. The minimum atomic E-state index is -0.128. The van der Waals surface area contributed by atoms with E-state index in [1.165, 1.54) is 11.3 Å². The number of hydrogen-bond donors (Lipinski definition) is 1. The molecule has 0 bridgehead atoms. The first-order valence-electron chi connectivity index (χ1n) is 7.37. The van der Waals surface area contributed by atoms with E-state index in [1.807, 2.05) is 43.3 Å². The van der Waals surface area contributed by atoms with Gasteiger partial charge in [-0.25, -0.2) is 4.98 Å². The van der Waals surface area contributed by atoms with Crippen molar-refractivity contribution in [3.63, 3.8) is 0 Å². The first kappa shape index (κ1) is 13.9. The maximum absolute atomic E-state index is 12.4. The molecule has 112 valence electrons. The number of anilines is 1. The molecule has 1 amide bonds. The summed E-state index contributed by atoms with van der Waals surface area (Å²) in [4.78, 5) is 17.0. The lowest BCUT2D eigenvalue weighted by molar-refractivity contribution is 0.102. The van der Waals surface area contributed by atoms with Gasteiger partial charge in [0.1, 0.15) is 0 Å². The van der Waals surface area contributed by atoms with Gasteiger partial charge in [-0.3, -0.25) is 10.1 Å². The Labute approximate surface area is 137 Å². The Morgan fingerprint density at radius 2 is 1.91 bits per heavy atom. The van der Waals surface area contributed by atoms with Crippen LogP contribution in [0.3, 0.4) is 0 Å². The van der Waals surface area contributed by atoms with E-state index in [4.69, 9.17) is 0 Å². The molecule has 0 saturated heterocycles. The molecule has 23 heavy (non-hydrogen) atoms. The molecule has 4 aromatic rings. The number of fused-ring (bicyclic) bond motifs is 3. The lowest BCUT2D eigenvalue weighted by atomic mass is 10.1. The monoisotopic (exact) mass is 318 g/mol. The van der Waals surface area contributed by atoms with Gasteiger partial charge in [0.05, 0.1) is 10.2 Å². The number of hydrogen-bond acceptors (Lipinski definition) is 3. The molecule has 0 radical (unpaired) electrons. The standard InChI is InChI=1S/C19H14N2OS/c1-12-5-4-7-14(11-12)18(22)21-19-20-17-15-8-3-2-6-13(15)9-10-16(17)23-19/h2-11H,1H3,(H,20,21,22). The molecule has 0 unspecified atom stereocenters. The summed E-state index contributed by atoms with van der Waals surface area (Å²) in [5.74, 6) is -0.128. The van der Waals surface area contributed by atoms with Gasteiger partial charge in [0.25, 0.3) is 5.91 Å². The van der Waals surface area contributed by atoms with Crippen molar-refractivity contribution in [2.24, 2.45) is 0 Å². The summed E-state index contributed by atoms with van der Waals surface area (Å²) in [6, 6.07) is 19.8. The predicted octanol–water partition coefficient (Wildman–Crippen LogP) is 5.01. The summed E-state index contributed by atoms with van der Waals surface area (Å²) in [7, 11) is 0. The van der Waals surface area contributed by atoms with Gasteiger partial charge in [-0.1, -0.05) is 59.4 Å². The van der Waals surface area contributed by atoms with Crippen LogP contribution in [0, 0.1) is 6.92 Å². The first-order valence-corrected chi connectivity index (χ1v) is 8.19. The van der Waals surface area contributed by atoms with E-state index in [0.717, 1.165) is 26.6 Å². The molecule has 0 aliphatic heterocycles. The fourth-order valence-electron chi connectivity index (χ4n) is 2.67. The van der Waals surface area contributed by atoms with Crippen molar-refractivity contribution in [1.82, 2.24) is 4.98 Å². The number of aryl methyl sites for hydroxylation is 1. The third-order valence-corrected chi connectivity index (χ3v) is 4.72. The normalized spacial score (nSPS) is 11.0.